The fourth-order valence-electron chi connectivity index (χ4n) is 13.7. The summed E-state index contributed by atoms with van der Waals surface area (Å²) < 4.78 is 2.38. The van der Waals surface area contributed by atoms with Gasteiger partial charge in [0.1, 0.15) is 0 Å². The van der Waals surface area contributed by atoms with Crippen molar-refractivity contribution in [2.45, 2.75) is 19.3 Å². The summed E-state index contributed by atoms with van der Waals surface area (Å²) in [5, 5.41) is 9.90. The van der Waals surface area contributed by atoms with E-state index in [-0.39, 0.29) is 5.41 Å². The average Bonchev–Trinajstić information content (AvgIpc) is 3.44. The first-order valence-electron chi connectivity index (χ1n) is 28.9. The number of rotatable bonds is 9. The van der Waals surface area contributed by atoms with Gasteiger partial charge in [-0.1, -0.05) is 238 Å². The van der Waals surface area contributed by atoms with Gasteiger partial charge in [-0.3, -0.25) is 0 Å². The Kier molecular flexibility index (Phi) is 11.3. The first-order chi connectivity index (χ1) is 40.9. The van der Waals surface area contributed by atoms with Gasteiger partial charge in [-0.05, 0) is 189 Å². The molecule has 0 atom stereocenters. The van der Waals surface area contributed by atoms with E-state index in [9.17, 15) is 0 Å². The molecule has 0 N–H and O–H groups in total. The maximum absolute atomic E-state index is 2.43. The van der Waals surface area contributed by atoms with Crippen molar-refractivity contribution in [3.05, 3.63) is 314 Å². The van der Waals surface area contributed by atoms with Crippen LogP contribution in [0.5, 0.6) is 0 Å². The molecule has 14 aromatic carbocycles. The summed E-state index contributed by atoms with van der Waals surface area (Å²) in [6, 6.07) is 112. The average molecular weight is 1060 g/mol. The Hall–Kier alpha value is -10.5. The normalized spacial score (nSPS) is 12.6. The van der Waals surface area contributed by atoms with Gasteiger partial charge in [-0.15, -0.1) is 0 Å². The van der Waals surface area contributed by atoms with Gasteiger partial charge >= 0.3 is 0 Å². The van der Waals surface area contributed by atoms with Crippen molar-refractivity contribution in [3.8, 4) is 72.4 Å². The highest BCUT2D eigenvalue weighted by Crippen LogP contribution is 2.51. The van der Waals surface area contributed by atoms with Gasteiger partial charge in [0, 0.05) is 38.9 Å². The molecule has 0 radical (unpaired) electrons. The lowest BCUT2D eigenvalue weighted by molar-refractivity contribution is 0.660. The van der Waals surface area contributed by atoms with E-state index in [0.29, 0.717) is 0 Å². The Balaban J connectivity index is 0.806. The van der Waals surface area contributed by atoms with Crippen LogP contribution in [0.25, 0.3) is 127 Å². The van der Waals surface area contributed by atoms with Crippen LogP contribution in [0.1, 0.15) is 25.0 Å². The van der Waals surface area contributed by atoms with Crippen molar-refractivity contribution in [1.82, 2.24) is 4.57 Å². The summed E-state index contributed by atoms with van der Waals surface area (Å²) in [5.41, 5.74) is 24.1. The Morgan fingerprint density at radius 3 is 1.52 bits per heavy atom. The molecule has 0 unspecified atom stereocenters. The molecule has 1 aliphatic carbocycles. The number of hydrogen-bond acceptors (Lipinski definition) is 1. The summed E-state index contributed by atoms with van der Waals surface area (Å²) in [6.45, 7) is 4.73. The van der Waals surface area contributed by atoms with Crippen LogP contribution < -0.4 is 4.90 Å². The maximum atomic E-state index is 2.43. The lowest BCUT2D eigenvalue weighted by atomic mass is 9.82. The predicted molar refractivity (Wildman–Crippen MR) is 353 cm³/mol. The predicted octanol–water partition coefficient (Wildman–Crippen LogP) is 22.4. The van der Waals surface area contributed by atoms with E-state index in [0.717, 1.165) is 33.9 Å². The van der Waals surface area contributed by atoms with Crippen LogP contribution in [0.2, 0.25) is 0 Å². The molecule has 0 fully saturated rings. The molecule has 83 heavy (non-hydrogen) atoms. The van der Waals surface area contributed by atoms with Gasteiger partial charge in [-0.25, -0.2) is 0 Å². The fourth-order valence-corrected chi connectivity index (χ4v) is 13.7. The van der Waals surface area contributed by atoms with Crippen LogP contribution >= 0.6 is 0 Å². The van der Waals surface area contributed by atoms with Crippen molar-refractivity contribution in [1.29, 1.82) is 0 Å². The highest BCUT2D eigenvalue weighted by Gasteiger charge is 2.36. The minimum atomic E-state index is -0.149. The monoisotopic (exact) mass is 1060 g/mol. The quantitative estimate of drug-likeness (QED) is 0.140. The number of nitrogens with zero attached hydrogens (tertiary/aromatic N) is 2. The fraction of sp³-hybridized carbons (Fsp3) is 0.0370. The molecule has 0 spiro atoms. The van der Waals surface area contributed by atoms with E-state index >= 15 is 0 Å². The van der Waals surface area contributed by atoms with Gasteiger partial charge in [-0.2, -0.15) is 0 Å². The molecule has 15 aromatic rings. The molecule has 1 aromatic heterocycles. The van der Waals surface area contributed by atoms with E-state index in [4.69, 9.17) is 0 Å². The highest BCUT2D eigenvalue weighted by atomic mass is 15.1. The Morgan fingerprint density at radius 1 is 0.265 bits per heavy atom. The number of hydrogen-bond donors (Lipinski definition) is 0. The molecule has 0 amide bonds. The molecular weight excluding hydrogens is 1000 g/mol. The summed E-state index contributed by atoms with van der Waals surface area (Å²) in [5.74, 6) is 0. The van der Waals surface area contributed by atoms with Crippen LogP contribution in [0.15, 0.2) is 303 Å². The summed E-state index contributed by atoms with van der Waals surface area (Å²) in [4.78, 5) is 2.43. The van der Waals surface area contributed by atoms with Crippen molar-refractivity contribution in [3.63, 3.8) is 0 Å². The van der Waals surface area contributed by atoms with Crippen LogP contribution in [-0.4, -0.2) is 4.57 Å². The van der Waals surface area contributed by atoms with Crippen molar-refractivity contribution in [2.24, 2.45) is 0 Å². The van der Waals surface area contributed by atoms with Crippen molar-refractivity contribution >= 4 is 71.2 Å². The van der Waals surface area contributed by atoms with Crippen LogP contribution in [0.4, 0.5) is 17.1 Å². The molecule has 2 heteroatoms. The second-order valence-corrected chi connectivity index (χ2v) is 22.8. The molecule has 16 rings (SSSR count). The van der Waals surface area contributed by atoms with E-state index in [1.807, 2.05) is 0 Å². The first-order valence-corrected chi connectivity index (χ1v) is 28.9. The van der Waals surface area contributed by atoms with E-state index in [1.165, 1.54) is 121 Å². The summed E-state index contributed by atoms with van der Waals surface area (Å²) in [7, 11) is 0. The third-order valence-corrected chi connectivity index (χ3v) is 17.8. The number of anilines is 3. The minimum Gasteiger partial charge on any atom is -0.310 e. The lowest BCUT2D eigenvalue weighted by Crippen LogP contribution is -2.16. The highest BCUT2D eigenvalue weighted by molar-refractivity contribution is 6.12. The second-order valence-electron chi connectivity index (χ2n) is 22.8. The van der Waals surface area contributed by atoms with Crippen molar-refractivity contribution < 1.29 is 0 Å². The molecular formula is C81H56N2. The molecule has 0 saturated carbocycles. The number of aromatic nitrogens is 1. The van der Waals surface area contributed by atoms with Gasteiger partial charge in [0.05, 0.1) is 11.0 Å². The zero-order valence-corrected chi connectivity index (χ0v) is 46.3. The van der Waals surface area contributed by atoms with Gasteiger partial charge in [0.25, 0.3) is 0 Å². The van der Waals surface area contributed by atoms with Crippen LogP contribution in [-0.2, 0) is 5.41 Å². The smallest absolute Gasteiger partial charge is 0.0541 e. The SMILES string of the molecule is CC1(C)c2ccccc2-c2ccc(N(c3ccc(-c4cccc(-c5c(-c6cccc7ccccc67)ccc6ccc(-c7cccc8ccccc78)cc56)c4)cc3)c3ccc(-c4ccc5c(c4)c4ccccc4n5-c4ccccc4)cc3)cc21. The van der Waals surface area contributed by atoms with Gasteiger partial charge in [0.2, 0.25) is 0 Å². The number of benzene rings is 14. The first kappa shape index (κ1) is 48.4. The van der Waals surface area contributed by atoms with E-state index in [1.54, 1.807) is 0 Å². The third kappa shape index (κ3) is 8.01. The molecule has 1 aliphatic rings. The largest absolute Gasteiger partial charge is 0.310 e. The maximum Gasteiger partial charge on any atom is 0.0541 e. The molecule has 390 valence electrons. The summed E-state index contributed by atoms with van der Waals surface area (Å²) >= 11 is 0. The Bertz CT molecular complexity index is 5030. The molecule has 0 aliphatic heterocycles. The minimum absolute atomic E-state index is 0.149. The second kappa shape index (κ2) is 19.3. The van der Waals surface area contributed by atoms with Crippen LogP contribution in [0.3, 0.4) is 0 Å². The number of fused-ring (bicyclic) bond motifs is 9. The topological polar surface area (TPSA) is 8.17 Å². The van der Waals surface area contributed by atoms with Gasteiger partial charge < -0.3 is 9.47 Å². The molecule has 1 heterocycles. The van der Waals surface area contributed by atoms with E-state index in [2.05, 4.69) is 327 Å². The molecule has 0 bridgehead atoms. The lowest BCUT2D eigenvalue weighted by Gasteiger charge is -2.28. The number of para-hydroxylation sites is 2. The van der Waals surface area contributed by atoms with Gasteiger partial charge in [0.15, 0.2) is 0 Å². The van der Waals surface area contributed by atoms with Crippen LogP contribution in [0, 0.1) is 0 Å². The summed E-state index contributed by atoms with van der Waals surface area (Å²) in [6.07, 6.45) is 0. The Labute approximate surface area is 484 Å². The molecule has 2 nitrogen and oxygen atoms in total. The zero-order chi connectivity index (χ0) is 55.2. The third-order valence-electron chi connectivity index (χ3n) is 17.8. The van der Waals surface area contributed by atoms with Crippen molar-refractivity contribution in [2.75, 3.05) is 4.90 Å². The molecule has 0 saturated heterocycles. The standard InChI is InChI=1S/C81H56N2/c1-81(2)76-31-12-10-27-70(76)71-47-45-65(52-77(71)81)82(64-43-37-54(38-44-64)59-40-48-79-75(50-59)72-28-11-13-32-78(72)83(79)62-23-4-3-5-24-62)63-41-35-53(36-42-63)58-21-14-22-61(49-58)80-73(69-30-16-20-56-18-7-9-26-67(56)69)46-39-57-33-34-60(51-74(57)80)68-29-15-19-55-17-6-8-25-66(55)68/h3-52H,1-2H3. The Morgan fingerprint density at radius 2 is 0.759 bits per heavy atom. The van der Waals surface area contributed by atoms with E-state index < -0.39 is 0 Å². The zero-order valence-electron chi connectivity index (χ0n) is 46.3.